The number of hydrogen-bond acceptors (Lipinski definition) is 2. The monoisotopic (exact) mass is 252 g/mol. The Balaban J connectivity index is 2.51. The number of ketones is 1. The summed E-state index contributed by atoms with van der Waals surface area (Å²) in [5, 5.41) is 4.31. The van der Waals surface area contributed by atoms with Crippen LogP contribution >= 0.6 is 11.6 Å². The summed E-state index contributed by atoms with van der Waals surface area (Å²) in [4.78, 5) is 12.1. The van der Waals surface area contributed by atoms with Crippen LogP contribution in [0.25, 0.3) is 0 Å². The molecule has 0 bridgehead atoms. The molecule has 0 N–H and O–H groups in total. The van der Waals surface area contributed by atoms with Crippen molar-refractivity contribution in [3.8, 4) is 0 Å². The van der Waals surface area contributed by atoms with Crippen LogP contribution in [0.15, 0.2) is 24.3 Å². The number of hydrogen-bond donors (Lipinski definition) is 0. The highest BCUT2D eigenvalue weighted by Gasteiger charge is 2.20. The summed E-state index contributed by atoms with van der Waals surface area (Å²) >= 11 is 5.98. The van der Waals surface area contributed by atoms with E-state index in [1.807, 2.05) is 0 Å². The van der Waals surface area contributed by atoms with Gasteiger partial charge in [0.25, 0.3) is 0 Å². The van der Waals surface area contributed by atoms with E-state index >= 15 is 0 Å². The highest BCUT2D eigenvalue weighted by Crippen LogP contribution is 2.22. The van der Waals surface area contributed by atoms with E-state index in [9.17, 15) is 9.18 Å². The molecule has 17 heavy (non-hydrogen) atoms. The van der Waals surface area contributed by atoms with Gasteiger partial charge >= 0.3 is 0 Å². The Morgan fingerprint density at radius 1 is 1.47 bits per heavy atom. The molecule has 3 nitrogen and oxygen atoms in total. The minimum Gasteiger partial charge on any atom is -0.288 e. The molecule has 88 valence electrons. The van der Waals surface area contributed by atoms with Crippen LogP contribution < -0.4 is 0 Å². The van der Waals surface area contributed by atoms with Crippen LogP contribution in [0.1, 0.15) is 21.6 Å². The SMILES string of the molecule is Cc1nn(C)c(Cl)c1C(=O)c1cccc(F)c1. The summed E-state index contributed by atoms with van der Waals surface area (Å²) in [6.45, 7) is 1.69. The van der Waals surface area contributed by atoms with Crippen molar-refractivity contribution in [3.05, 3.63) is 52.1 Å². The van der Waals surface area contributed by atoms with Crippen molar-refractivity contribution >= 4 is 17.4 Å². The van der Waals surface area contributed by atoms with Crippen LogP contribution in [0.5, 0.6) is 0 Å². The number of halogens is 2. The molecule has 0 amide bonds. The predicted octanol–water partition coefficient (Wildman–Crippen LogP) is 2.75. The lowest BCUT2D eigenvalue weighted by molar-refractivity contribution is 0.103. The second-order valence-corrected chi connectivity index (χ2v) is 4.07. The van der Waals surface area contributed by atoms with Crippen LogP contribution in [0.2, 0.25) is 5.15 Å². The Morgan fingerprint density at radius 3 is 2.71 bits per heavy atom. The molecule has 1 aromatic heterocycles. The van der Waals surface area contributed by atoms with Crippen molar-refractivity contribution in [1.29, 1.82) is 0 Å². The first kappa shape index (κ1) is 11.8. The molecule has 0 saturated carbocycles. The first-order valence-electron chi connectivity index (χ1n) is 5.00. The van der Waals surface area contributed by atoms with Gasteiger partial charge in [0, 0.05) is 12.6 Å². The lowest BCUT2D eigenvalue weighted by Gasteiger charge is -2.00. The summed E-state index contributed by atoms with van der Waals surface area (Å²) in [6.07, 6.45) is 0. The molecule has 1 heterocycles. The summed E-state index contributed by atoms with van der Waals surface area (Å²) in [5.41, 5.74) is 1.12. The van der Waals surface area contributed by atoms with Crippen molar-refractivity contribution in [2.24, 2.45) is 7.05 Å². The van der Waals surface area contributed by atoms with Gasteiger partial charge in [-0.05, 0) is 19.1 Å². The molecule has 0 spiro atoms. The van der Waals surface area contributed by atoms with Gasteiger partial charge < -0.3 is 0 Å². The number of carbonyl (C=O) groups is 1. The van der Waals surface area contributed by atoms with Crippen LogP contribution in [0.4, 0.5) is 4.39 Å². The van der Waals surface area contributed by atoms with Gasteiger partial charge in [0.15, 0.2) is 5.78 Å². The molecule has 0 saturated heterocycles. The van der Waals surface area contributed by atoms with Crippen molar-refractivity contribution in [2.45, 2.75) is 6.92 Å². The van der Waals surface area contributed by atoms with E-state index in [1.165, 1.54) is 22.9 Å². The second kappa shape index (κ2) is 4.30. The standard InChI is InChI=1S/C12H10ClFN2O/c1-7-10(12(13)16(2)15-7)11(17)8-4-3-5-9(14)6-8/h3-6H,1-2H3. The molecule has 0 aliphatic carbocycles. The molecule has 0 aliphatic heterocycles. The van der Waals surface area contributed by atoms with Gasteiger partial charge in [0.2, 0.25) is 0 Å². The quantitative estimate of drug-likeness (QED) is 0.771. The maximum absolute atomic E-state index is 13.0. The topological polar surface area (TPSA) is 34.9 Å². The van der Waals surface area contributed by atoms with E-state index in [0.29, 0.717) is 11.3 Å². The number of rotatable bonds is 2. The normalized spacial score (nSPS) is 10.6. The van der Waals surface area contributed by atoms with Crippen LogP contribution in [-0.2, 0) is 7.05 Å². The number of carbonyl (C=O) groups excluding carboxylic acids is 1. The number of aromatic nitrogens is 2. The fraction of sp³-hybridized carbons (Fsp3) is 0.167. The zero-order valence-electron chi connectivity index (χ0n) is 9.37. The lowest BCUT2D eigenvalue weighted by Crippen LogP contribution is -2.03. The van der Waals surface area contributed by atoms with E-state index in [1.54, 1.807) is 20.0 Å². The first-order chi connectivity index (χ1) is 8.00. The summed E-state index contributed by atoms with van der Waals surface area (Å²) in [5.74, 6) is -0.770. The van der Waals surface area contributed by atoms with E-state index in [2.05, 4.69) is 5.10 Å². The molecule has 0 atom stereocenters. The van der Waals surface area contributed by atoms with Crippen molar-refractivity contribution in [2.75, 3.05) is 0 Å². The fourth-order valence-electron chi connectivity index (χ4n) is 1.66. The van der Waals surface area contributed by atoms with E-state index in [-0.39, 0.29) is 16.5 Å². The van der Waals surface area contributed by atoms with Gasteiger partial charge in [-0.2, -0.15) is 5.10 Å². The number of benzene rings is 1. The molecule has 2 aromatic rings. The maximum atomic E-state index is 13.0. The van der Waals surface area contributed by atoms with Crippen LogP contribution in [0.3, 0.4) is 0 Å². The van der Waals surface area contributed by atoms with Gasteiger partial charge in [0.05, 0.1) is 11.3 Å². The Morgan fingerprint density at radius 2 is 2.18 bits per heavy atom. The lowest BCUT2D eigenvalue weighted by atomic mass is 10.0. The average Bonchev–Trinajstić information content (AvgIpc) is 2.52. The van der Waals surface area contributed by atoms with Gasteiger partial charge in [-0.25, -0.2) is 4.39 Å². The summed E-state index contributed by atoms with van der Waals surface area (Å²) in [7, 11) is 1.65. The molecule has 0 aliphatic rings. The highest BCUT2D eigenvalue weighted by molar-refractivity contribution is 6.34. The van der Waals surface area contributed by atoms with Gasteiger partial charge in [-0.1, -0.05) is 23.7 Å². The largest absolute Gasteiger partial charge is 0.288 e. The van der Waals surface area contributed by atoms with Gasteiger partial charge in [0.1, 0.15) is 11.0 Å². The van der Waals surface area contributed by atoms with Crippen molar-refractivity contribution in [1.82, 2.24) is 9.78 Å². The minimum atomic E-state index is -0.450. The van der Waals surface area contributed by atoms with E-state index in [0.717, 1.165) is 0 Å². The van der Waals surface area contributed by atoms with Crippen molar-refractivity contribution in [3.63, 3.8) is 0 Å². The first-order valence-corrected chi connectivity index (χ1v) is 5.38. The summed E-state index contributed by atoms with van der Waals surface area (Å²) < 4.78 is 14.5. The minimum absolute atomic E-state index is 0.261. The number of nitrogens with zero attached hydrogens (tertiary/aromatic N) is 2. The Labute approximate surface area is 103 Å². The van der Waals surface area contributed by atoms with Gasteiger partial charge in [-0.15, -0.1) is 0 Å². The zero-order chi connectivity index (χ0) is 12.6. The molecular weight excluding hydrogens is 243 g/mol. The van der Waals surface area contributed by atoms with Crippen molar-refractivity contribution < 1.29 is 9.18 Å². The third kappa shape index (κ3) is 2.08. The summed E-state index contributed by atoms with van der Waals surface area (Å²) in [6, 6.07) is 5.51. The molecule has 0 fully saturated rings. The Hall–Kier alpha value is -1.68. The smallest absolute Gasteiger partial charge is 0.198 e. The highest BCUT2D eigenvalue weighted by atomic mass is 35.5. The zero-order valence-corrected chi connectivity index (χ0v) is 10.1. The predicted molar refractivity (Wildman–Crippen MR) is 62.8 cm³/mol. The number of aryl methyl sites for hydroxylation is 2. The molecule has 5 heteroatoms. The fourth-order valence-corrected chi connectivity index (χ4v) is 1.92. The third-order valence-corrected chi connectivity index (χ3v) is 2.90. The molecule has 1 aromatic carbocycles. The molecule has 0 unspecified atom stereocenters. The average molecular weight is 253 g/mol. The Bertz CT molecular complexity index is 592. The third-order valence-electron chi connectivity index (χ3n) is 2.47. The van der Waals surface area contributed by atoms with E-state index in [4.69, 9.17) is 11.6 Å². The molecule has 0 radical (unpaired) electrons. The molecule has 2 rings (SSSR count). The second-order valence-electron chi connectivity index (χ2n) is 3.71. The molecular formula is C12H10ClFN2O. The maximum Gasteiger partial charge on any atom is 0.198 e. The van der Waals surface area contributed by atoms with E-state index < -0.39 is 5.82 Å². The van der Waals surface area contributed by atoms with Crippen LogP contribution in [0, 0.1) is 12.7 Å². The Kier molecular flexibility index (Phi) is 2.98. The van der Waals surface area contributed by atoms with Gasteiger partial charge in [-0.3, -0.25) is 9.48 Å². The van der Waals surface area contributed by atoms with Crippen LogP contribution in [-0.4, -0.2) is 15.6 Å².